The van der Waals surface area contributed by atoms with Gasteiger partial charge in [-0.05, 0) is 121 Å². The van der Waals surface area contributed by atoms with Gasteiger partial charge in [0.05, 0.1) is 42.9 Å². The minimum absolute atomic E-state index is 0.00253. The number of nitrogens with zero attached hydrogens (tertiary/aromatic N) is 2. The molecule has 1 amide bonds. The number of methoxy groups -OCH3 is 3. The van der Waals surface area contributed by atoms with Crippen molar-refractivity contribution in [1.82, 2.24) is 9.80 Å². The number of hydrogen-bond donors (Lipinski definition) is 0. The van der Waals surface area contributed by atoms with Crippen molar-refractivity contribution in [3.63, 3.8) is 0 Å². The number of hydrogen-bond acceptors (Lipinski definition) is 12. The van der Waals surface area contributed by atoms with Crippen LogP contribution >= 0.6 is 0 Å². The van der Waals surface area contributed by atoms with Crippen molar-refractivity contribution in [2.45, 2.75) is 165 Å². The number of amides is 1. The number of allylic oxidation sites excluding steroid dienone is 2. The maximum Gasteiger partial charge on any atom is 0.306 e. The summed E-state index contributed by atoms with van der Waals surface area (Å²) in [6.45, 7) is 8.11. The van der Waals surface area contributed by atoms with Gasteiger partial charge in [0.2, 0.25) is 0 Å². The zero-order valence-corrected chi connectivity index (χ0v) is 37.7. The molecule has 0 N–H and O–H groups in total. The van der Waals surface area contributed by atoms with E-state index in [1.54, 1.807) is 21.3 Å². The van der Waals surface area contributed by atoms with E-state index in [4.69, 9.17) is 37.9 Å². The van der Waals surface area contributed by atoms with E-state index >= 15 is 4.79 Å². The summed E-state index contributed by atoms with van der Waals surface area (Å²) in [6.07, 6.45) is 4.90. The highest BCUT2D eigenvalue weighted by Gasteiger charge is 2.70. The number of carbonyl (C=O) groups is 3. The van der Waals surface area contributed by atoms with E-state index < -0.39 is 36.6 Å². The van der Waals surface area contributed by atoms with Crippen LogP contribution in [0, 0.1) is 35.5 Å². The van der Waals surface area contributed by atoms with Crippen LogP contribution in [0.3, 0.4) is 0 Å². The monoisotopic (exact) mass is 850 g/mol. The molecule has 8 rings (SSSR count). The molecular formula is C48H70N2O11. The molecule has 4 saturated heterocycles. The second-order valence-electron chi connectivity index (χ2n) is 19.2. The van der Waals surface area contributed by atoms with E-state index in [-0.39, 0.29) is 96.5 Å². The Hall–Kier alpha value is -2.75. The Morgan fingerprint density at radius 3 is 2.23 bits per heavy atom. The first kappa shape index (κ1) is 44.8. The van der Waals surface area contributed by atoms with Gasteiger partial charge in [0.15, 0.2) is 18.4 Å². The molecule has 0 spiro atoms. The number of Topliss-reactive ketones (excluding diaryl/α,β-unsaturated/α-hetero) is 1. The molecule has 4 heterocycles. The van der Waals surface area contributed by atoms with Gasteiger partial charge in [-0.25, -0.2) is 0 Å². The largest absolute Gasteiger partial charge is 0.462 e. The number of likely N-dealkylation sites (tertiary alicyclic amines) is 1. The molecule has 13 nitrogen and oxygen atoms in total. The summed E-state index contributed by atoms with van der Waals surface area (Å²) in [4.78, 5) is 47.9. The number of fused-ring (bicyclic) bond motifs is 8. The van der Waals surface area contributed by atoms with Crippen LogP contribution in [0.25, 0.3) is 0 Å². The molecule has 4 aliphatic heterocycles. The van der Waals surface area contributed by atoms with Crippen molar-refractivity contribution in [3.05, 3.63) is 47.5 Å². The van der Waals surface area contributed by atoms with Gasteiger partial charge in [0.25, 0.3) is 5.91 Å². The predicted octanol–water partition coefficient (Wildman–Crippen LogP) is 5.82. The zero-order valence-electron chi connectivity index (χ0n) is 37.7. The molecule has 3 aliphatic carbocycles. The average Bonchev–Trinajstić information content (AvgIpc) is 3.65. The van der Waals surface area contributed by atoms with Gasteiger partial charge in [-0.3, -0.25) is 14.4 Å². The van der Waals surface area contributed by atoms with E-state index in [9.17, 15) is 9.59 Å². The van der Waals surface area contributed by atoms with E-state index in [0.717, 1.165) is 32.1 Å². The molecule has 0 aromatic heterocycles. The Morgan fingerprint density at radius 2 is 1.56 bits per heavy atom. The minimum Gasteiger partial charge on any atom is -0.462 e. The van der Waals surface area contributed by atoms with Crippen molar-refractivity contribution >= 4 is 17.7 Å². The summed E-state index contributed by atoms with van der Waals surface area (Å²) < 4.78 is 50.3. The van der Waals surface area contributed by atoms with Gasteiger partial charge in [-0.15, -0.1) is 0 Å². The number of ketones is 1. The molecule has 1 aromatic rings. The molecule has 13 heteroatoms. The van der Waals surface area contributed by atoms with Gasteiger partial charge in [0, 0.05) is 44.8 Å². The van der Waals surface area contributed by atoms with Gasteiger partial charge in [-0.1, -0.05) is 38.1 Å². The number of carbonyl (C=O) groups excluding carboxylic acids is 3. The van der Waals surface area contributed by atoms with Crippen molar-refractivity contribution in [2.24, 2.45) is 35.5 Å². The maximum atomic E-state index is 15.2. The first-order valence-corrected chi connectivity index (χ1v) is 23.1. The minimum atomic E-state index is -0.684. The molecule has 1 aromatic carbocycles. The molecule has 7 aliphatic rings. The fourth-order valence-electron chi connectivity index (χ4n) is 12.6. The maximum absolute atomic E-state index is 15.2. The second kappa shape index (κ2) is 18.8. The van der Waals surface area contributed by atoms with Crippen molar-refractivity contribution < 1.29 is 52.3 Å². The van der Waals surface area contributed by atoms with E-state index in [1.807, 2.05) is 44.2 Å². The number of rotatable bonds is 10. The predicted molar refractivity (Wildman–Crippen MR) is 225 cm³/mol. The standard InChI is InChI=1S/C48H70N2O11/c1-10-29-17-14-18-37(61-39-20-19-36(49(5)6)26(3)57-39)25(2)43(52)35-23-32-31-21-30(60-48-46(56-9)45(55-8)44(54-7)27(4)58-48)22-34(31)41-42(40(32)33(35)24-38(51)59-29)50(41)47(53)28-15-12-11-13-16-28/h11-13,15-16,23,25-27,29-34,36-37,39-42,44-46,48H,10,14,17-22,24H2,1-9H3/t25-,26?,27?,29+,30+,31+,32+,33-,34-,36+,37+,39+,40-,41+,42-,44+,45?,46+,48+,50?/m1/s1. The van der Waals surface area contributed by atoms with Gasteiger partial charge in [0.1, 0.15) is 24.4 Å². The summed E-state index contributed by atoms with van der Waals surface area (Å²) >= 11 is 0. The topological polar surface area (TPSA) is 131 Å². The summed E-state index contributed by atoms with van der Waals surface area (Å²) in [7, 11) is 9.09. The van der Waals surface area contributed by atoms with Crippen molar-refractivity contribution in [3.8, 4) is 0 Å². The van der Waals surface area contributed by atoms with Crippen LogP contribution in [0.15, 0.2) is 42.0 Å². The molecule has 6 fully saturated rings. The number of esters is 1. The van der Waals surface area contributed by atoms with E-state index in [2.05, 4.69) is 43.8 Å². The van der Waals surface area contributed by atoms with Crippen LogP contribution in [0.5, 0.6) is 0 Å². The third-order valence-corrected chi connectivity index (χ3v) is 15.7. The third-order valence-electron chi connectivity index (χ3n) is 15.7. The quantitative estimate of drug-likeness (QED) is 0.208. The van der Waals surface area contributed by atoms with Crippen LogP contribution in [0.2, 0.25) is 0 Å². The van der Waals surface area contributed by atoms with Crippen LogP contribution in [0.1, 0.15) is 95.8 Å². The van der Waals surface area contributed by atoms with Gasteiger partial charge < -0.3 is 47.7 Å². The molecule has 3 unspecified atom stereocenters. The Bertz CT molecular complexity index is 1740. The van der Waals surface area contributed by atoms with Crippen molar-refractivity contribution in [2.75, 3.05) is 35.4 Å². The van der Waals surface area contributed by atoms with Gasteiger partial charge >= 0.3 is 5.97 Å². The molecule has 0 bridgehead atoms. The Morgan fingerprint density at radius 1 is 0.836 bits per heavy atom. The molecule has 19 atom stereocenters. The van der Waals surface area contributed by atoms with Crippen LogP contribution in [0.4, 0.5) is 0 Å². The lowest BCUT2D eigenvalue weighted by molar-refractivity contribution is -0.314. The number of likely N-dealkylation sites (N-methyl/N-ethyl adjacent to an activating group) is 1. The normalized spacial score (nSPS) is 43.9. The molecule has 338 valence electrons. The molecule has 61 heavy (non-hydrogen) atoms. The SMILES string of the molecule is CC[C@H]1CCC[C@H](O[C@H]2CC[C@H](N(C)C)C(C)O2)[C@@H](C)C(=O)C2=C[C@H]3[C@@H]4C[C@H](O[C@@H]5OC(C)[C@H](OC)C(OC)[C@@H]5OC)C[C@H]4[C@H]4[C@@H]([C@H]3[C@@H]2CC(=O)O1)N4C(=O)c1ccccc1. The van der Waals surface area contributed by atoms with Gasteiger partial charge in [-0.2, -0.15) is 0 Å². The summed E-state index contributed by atoms with van der Waals surface area (Å²) in [6, 6.07) is 9.57. The third kappa shape index (κ3) is 8.64. The smallest absolute Gasteiger partial charge is 0.306 e. The highest BCUT2D eigenvalue weighted by Crippen LogP contribution is 2.64. The molecule has 0 radical (unpaired) electrons. The van der Waals surface area contributed by atoms with Crippen LogP contribution in [-0.2, 0) is 47.5 Å². The summed E-state index contributed by atoms with van der Waals surface area (Å²) in [5.74, 6) is -1.04. The fraction of sp³-hybridized carbons (Fsp3) is 0.771. The number of benzene rings is 1. The highest BCUT2D eigenvalue weighted by atomic mass is 16.7. The van der Waals surface area contributed by atoms with Crippen LogP contribution < -0.4 is 0 Å². The highest BCUT2D eigenvalue weighted by molar-refractivity contribution is 6.00. The Balaban J connectivity index is 1.11. The number of ether oxygens (including phenoxy) is 8. The fourth-order valence-corrected chi connectivity index (χ4v) is 12.6. The molecule has 2 saturated carbocycles. The van der Waals surface area contributed by atoms with Crippen molar-refractivity contribution in [1.29, 1.82) is 0 Å². The summed E-state index contributed by atoms with van der Waals surface area (Å²) in [5, 5.41) is 0. The van der Waals surface area contributed by atoms with E-state index in [0.29, 0.717) is 36.4 Å². The van der Waals surface area contributed by atoms with Crippen LogP contribution in [-0.4, -0.2) is 142 Å². The lowest BCUT2D eigenvalue weighted by atomic mass is 9.66. The Labute approximate surface area is 362 Å². The lowest BCUT2D eigenvalue weighted by Crippen LogP contribution is -2.59. The molecular weight excluding hydrogens is 781 g/mol. The Kier molecular flexibility index (Phi) is 13.8. The first-order valence-electron chi connectivity index (χ1n) is 23.1. The average molecular weight is 851 g/mol. The first-order chi connectivity index (χ1) is 29.4. The van der Waals surface area contributed by atoms with E-state index in [1.165, 1.54) is 0 Å². The second-order valence-corrected chi connectivity index (χ2v) is 19.2. The summed E-state index contributed by atoms with van der Waals surface area (Å²) in [5.41, 5.74) is 1.32. The lowest BCUT2D eigenvalue weighted by Gasteiger charge is -2.44. The zero-order chi connectivity index (χ0) is 43.3. The number of cyclic esters (lactones) is 1.